The molecule has 0 radical (unpaired) electrons. The van der Waals surface area contributed by atoms with Crippen LogP contribution in [0.2, 0.25) is 0 Å². The molecule has 5 nitrogen and oxygen atoms in total. The molecule has 0 saturated carbocycles. The highest BCUT2D eigenvalue weighted by atomic mass is 16.2. The molecule has 140 valence electrons. The fourth-order valence-corrected chi connectivity index (χ4v) is 3.17. The van der Waals surface area contributed by atoms with E-state index in [0.717, 1.165) is 18.7 Å². The van der Waals surface area contributed by atoms with Crippen molar-refractivity contribution < 1.29 is 9.59 Å². The average molecular weight is 363 g/mol. The highest BCUT2D eigenvalue weighted by Gasteiger charge is 2.13. The molecule has 2 amide bonds. The van der Waals surface area contributed by atoms with Crippen molar-refractivity contribution in [2.45, 2.75) is 26.2 Å². The first-order valence-corrected chi connectivity index (χ1v) is 9.32. The monoisotopic (exact) mass is 363 g/mol. The number of anilines is 2. The molecule has 1 fully saturated rings. The van der Waals surface area contributed by atoms with Crippen molar-refractivity contribution in [1.82, 2.24) is 5.32 Å². The van der Waals surface area contributed by atoms with Crippen LogP contribution in [0.3, 0.4) is 0 Å². The molecular weight excluding hydrogens is 338 g/mol. The zero-order chi connectivity index (χ0) is 19.1. The summed E-state index contributed by atoms with van der Waals surface area (Å²) in [6.07, 6.45) is 5.41. The van der Waals surface area contributed by atoms with Crippen LogP contribution in [0, 0.1) is 0 Å². The van der Waals surface area contributed by atoms with Crippen LogP contribution >= 0.6 is 0 Å². The lowest BCUT2D eigenvalue weighted by Crippen LogP contribution is -2.29. The van der Waals surface area contributed by atoms with E-state index >= 15 is 0 Å². The van der Waals surface area contributed by atoms with Gasteiger partial charge in [-0.1, -0.05) is 30.3 Å². The Morgan fingerprint density at radius 2 is 1.59 bits per heavy atom. The van der Waals surface area contributed by atoms with Gasteiger partial charge in [-0.3, -0.25) is 9.59 Å². The van der Waals surface area contributed by atoms with Crippen molar-refractivity contribution in [2.24, 2.45) is 0 Å². The molecule has 2 N–H and O–H groups in total. The van der Waals surface area contributed by atoms with Crippen molar-refractivity contribution in [1.29, 1.82) is 0 Å². The molecule has 0 atom stereocenters. The second-order valence-corrected chi connectivity index (χ2v) is 6.70. The molecule has 3 rings (SSSR count). The number of nitrogens with one attached hydrogen (secondary N) is 2. The van der Waals surface area contributed by atoms with Gasteiger partial charge in [0.1, 0.15) is 5.70 Å². The van der Waals surface area contributed by atoms with E-state index < -0.39 is 0 Å². The van der Waals surface area contributed by atoms with Crippen LogP contribution < -0.4 is 15.5 Å². The molecule has 0 aromatic heterocycles. The Hall–Kier alpha value is -3.08. The Morgan fingerprint density at radius 3 is 2.22 bits per heavy atom. The lowest BCUT2D eigenvalue weighted by Gasteiger charge is -2.28. The minimum atomic E-state index is -0.347. The minimum Gasteiger partial charge on any atom is -0.372 e. The van der Waals surface area contributed by atoms with E-state index in [-0.39, 0.29) is 17.5 Å². The van der Waals surface area contributed by atoms with E-state index in [1.165, 1.54) is 31.9 Å². The van der Waals surface area contributed by atoms with Gasteiger partial charge in [-0.05, 0) is 55.2 Å². The number of benzene rings is 2. The number of rotatable bonds is 5. The van der Waals surface area contributed by atoms with Gasteiger partial charge in [0.05, 0.1) is 0 Å². The summed E-state index contributed by atoms with van der Waals surface area (Å²) >= 11 is 0. The molecule has 2 aromatic rings. The molecule has 27 heavy (non-hydrogen) atoms. The van der Waals surface area contributed by atoms with E-state index in [0.29, 0.717) is 5.69 Å². The quantitative estimate of drug-likeness (QED) is 0.795. The Labute approximate surface area is 160 Å². The fourth-order valence-electron chi connectivity index (χ4n) is 3.17. The Balaban J connectivity index is 1.71. The van der Waals surface area contributed by atoms with Gasteiger partial charge in [0.25, 0.3) is 5.91 Å². The molecule has 5 heteroatoms. The normalized spacial score (nSPS) is 14.6. The topological polar surface area (TPSA) is 61.4 Å². The number of piperidine rings is 1. The third-order valence-electron chi connectivity index (χ3n) is 4.51. The third kappa shape index (κ3) is 5.45. The molecule has 1 heterocycles. The number of nitrogens with zero attached hydrogens (tertiary/aromatic N) is 1. The van der Waals surface area contributed by atoms with Gasteiger partial charge in [-0.25, -0.2) is 0 Å². The largest absolute Gasteiger partial charge is 0.372 e. The summed E-state index contributed by atoms with van der Waals surface area (Å²) in [7, 11) is 0. The summed E-state index contributed by atoms with van der Waals surface area (Å²) in [5.74, 6) is -0.632. The first-order chi connectivity index (χ1) is 13.1. The highest BCUT2D eigenvalue weighted by molar-refractivity contribution is 6.08. The molecule has 2 aromatic carbocycles. The fraction of sp³-hybridized carbons (Fsp3) is 0.273. The molecule has 1 aliphatic rings. The van der Waals surface area contributed by atoms with Crippen molar-refractivity contribution in [3.05, 3.63) is 65.9 Å². The zero-order valence-corrected chi connectivity index (χ0v) is 15.6. The van der Waals surface area contributed by atoms with Crippen LogP contribution in [0.1, 0.15) is 31.7 Å². The number of amides is 2. The maximum absolute atomic E-state index is 12.6. The van der Waals surface area contributed by atoms with Crippen molar-refractivity contribution in [3.8, 4) is 0 Å². The zero-order valence-electron chi connectivity index (χ0n) is 15.6. The van der Waals surface area contributed by atoms with E-state index in [1.807, 2.05) is 54.6 Å². The van der Waals surface area contributed by atoms with Crippen LogP contribution in [-0.4, -0.2) is 24.9 Å². The summed E-state index contributed by atoms with van der Waals surface area (Å²) in [6.45, 7) is 3.55. The number of carbonyl (C=O) groups is 2. The minimum absolute atomic E-state index is 0.216. The average Bonchev–Trinajstić information content (AvgIpc) is 2.69. The standard InChI is InChI=1S/C22H25N3O2/c1-17(26)23-21(16-18-8-4-2-5-9-18)22(27)24-19-10-12-20(13-11-19)25-14-6-3-7-15-25/h2,4-5,8-13,16H,3,6-7,14-15H2,1H3,(H,23,26)(H,24,27)/b21-16-. The maximum Gasteiger partial charge on any atom is 0.272 e. The van der Waals surface area contributed by atoms with Gasteiger partial charge in [-0.2, -0.15) is 0 Å². The van der Waals surface area contributed by atoms with Crippen LogP contribution in [0.5, 0.6) is 0 Å². The Bertz CT molecular complexity index is 807. The summed E-state index contributed by atoms with van der Waals surface area (Å²) in [6, 6.07) is 17.3. The van der Waals surface area contributed by atoms with Gasteiger partial charge in [0.15, 0.2) is 0 Å². The number of hydrogen-bond acceptors (Lipinski definition) is 3. The predicted octanol–water partition coefficient (Wildman–Crippen LogP) is 3.79. The summed E-state index contributed by atoms with van der Waals surface area (Å²) in [5, 5.41) is 5.47. The SMILES string of the molecule is CC(=O)N/C(=C\c1ccccc1)C(=O)Nc1ccc(N2CCCCC2)cc1. The summed E-state index contributed by atoms with van der Waals surface area (Å²) in [4.78, 5) is 26.5. The molecule has 0 spiro atoms. The van der Waals surface area contributed by atoms with Crippen LogP contribution in [0.25, 0.3) is 6.08 Å². The Kier molecular flexibility index (Phi) is 6.26. The van der Waals surface area contributed by atoms with E-state index in [1.54, 1.807) is 6.08 Å². The van der Waals surface area contributed by atoms with Gasteiger partial charge in [0.2, 0.25) is 5.91 Å². The van der Waals surface area contributed by atoms with E-state index in [2.05, 4.69) is 15.5 Å². The molecule has 0 bridgehead atoms. The summed E-state index contributed by atoms with van der Waals surface area (Å²) < 4.78 is 0. The Morgan fingerprint density at radius 1 is 0.926 bits per heavy atom. The second-order valence-electron chi connectivity index (χ2n) is 6.70. The van der Waals surface area contributed by atoms with Crippen molar-refractivity contribution in [3.63, 3.8) is 0 Å². The van der Waals surface area contributed by atoms with Crippen molar-refractivity contribution in [2.75, 3.05) is 23.3 Å². The van der Waals surface area contributed by atoms with Crippen LogP contribution in [0.4, 0.5) is 11.4 Å². The molecular formula is C22H25N3O2. The first-order valence-electron chi connectivity index (χ1n) is 9.32. The number of hydrogen-bond donors (Lipinski definition) is 2. The summed E-state index contributed by atoms with van der Waals surface area (Å²) in [5.41, 5.74) is 2.94. The molecule has 0 aliphatic carbocycles. The molecule has 0 unspecified atom stereocenters. The van der Waals surface area contributed by atoms with Gasteiger partial charge < -0.3 is 15.5 Å². The van der Waals surface area contributed by atoms with Gasteiger partial charge in [-0.15, -0.1) is 0 Å². The predicted molar refractivity (Wildman–Crippen MR) is 109 cm³/mol. The van der Waals surface area contributed by atoms with E-state index in [9.17, 15) is 9.59 Å². The second kappa shape index (κ2) is 9.03. The lowest BCUT2D eigenvalue weighted by atomic mass is 10.1. The maximum atomic E-state index is 12.6. The highest BCUT2D eigenvalue weighted by Crippen LogP contribution is 2.22. The van der Waals surface area contributed by atoms with Gasteiger partial charge >= 0.3 is 0 Å². The molecule has 1 saturated heterocycles. The van der Waals surface area contributed by atoms with E-state index in [4.69, 9.17) is 0 Å². The first kappa shape index (κ1) is 18.7. The third-order valence-corrected chi connectivity index (χ3v) is 4.51. The lowest BCUT2D eigenvalue weighted by molar-refractivity contribution is -0.120. The van der Waals surface area contributed by atoms with Crippen molar-refractivity contribution >= 4 is 29.3 Å². The number of carbonyl (C=O) groups excluding carboxylic acids is 2. The van der Waals surface area contributed by atoms with Crippen LogP contribution in [0.15, 0.2) is 60.3 Å². The smallest absolute Gasteiger partial charge is 0.272 e. The van der Waals surface area contributed by atoms with Gasteiger partial charge in [0, 0.05) is 31.4 Å². The van der Waals surface area contributed by atoms with Crippen LogP contribution in [-0.2, 0) is 9.59 Å². The molecule has 1 aliphatic heterocycles.